The van der Waals surface area contributed by atoms with Gasteiger partial charge < -0.3 is 0 Å². The SMILES string of the molecule is O=S(=O)(c1ccccc1)N1CC[C@]2(CCCN2Cc2ccccc2Cl)C1. The summed E-state index contributed by atoms with van der Waals surface area (Å²) in [7, 11) is -3.43. The molecule has 2 saturated heterocycles. The minimum Gasteiger partial charge on any atom is -0.292 e. The van der Waals surface area contributed by atoms with Crippen LogP contribution in [0.3, 0.4) is 0 Å². The van der Waals surface area contributed by atoms with Gasteiger partial charge in [0.05, 0.1) is 4.90 Å². The van der Waals surface area contributed by atoms with E-state index in [0.29, 0.717) is 18.0 Å². The molecule has 2 aromatic rings. The summed E-state index contributed by atoms with van der Waals surface area (Å²) in [6, 6.07) is 16.7. The lowest BCUT2D eigenvalue weighted by molar-refractivity contribution is 0.142. The van der Waals surface area contributed by atoms with Crippen LogP contribution in [0.5, 0.6) is 0 Å². The van der Waals surface area contributed by atoms with Gasteiger partial charge in [0.25, 0.3) is 0 Å². The van der Waals surface area contributed by atoms with Gasteiger partial charge in [-0.15, -0.1) is 0 Å². The quantitative estimate of drug-likeness (QED) is 0.797. The summed E-state index contributed by atoms with van der Waals surface area (Å²) >= 11 is 6.35. The molecule has 1 atom stereocenters. The summed E-state index contributed by atoms with van der Waals surface area (Å²) in [5.41, 5.74) is 1.04. The second-order valence-electron chi connectivity index (χ2n) is 7.24. The van der Waals surface area contributed by atoms with Crippen molar-refractivity contribution in [3.8, 4) is 0 Å². The van der Waals surface area contributed by atoms with Crippen LogP contribution in [-0.2, 0) is 16.6 Å². The summed E-state index contributed by atoms with van der Waals surface area (Å²) in [6.45, 7) is 2.91. The van der Waals surface area contributed by atoms with Crippen molar-refractivity contribution >= 4 is 21.6 Å². The Morgan fingerprint density at radius 2 is 1.69 bits per heavy atom. The van der Waals surface area contributed by atoms with Gasteiger partial charge in [0.15, 0.2) is 0 Å². The summed E-state index contributed by atoms with van der Waals surface area (Å²) in [5.74, 6) is 0. The van der Waals surface area contributed by atoms with Crippen LogP contribution in [0.15, 0.2) is 59.5 Å². The molecule has 0 radical (unpaired) electrons. The van der Waals surface area contributed by atoms with Crippen molar-refractivity contribution in [2.24, 2.45) is 0 Å². The van der Waals surface area contributed by atoms with E-state index in [2.05, 4.69) is 11.0 Å². The first-order valence-corrected chi connectivity index (χ1v) is 10.9. The molecule has 2 aliphatic rings. The van der Waals surface area contributed by atoms with E-state index in [-0.39, 0.29) is 5.54 Å². The van der Waals surface area contributed by atoms with Crippen molar-refractivity contribution in [3.63, 3.8) is 0 Å². The van der Waals surface area contributed by atoms with Gasteiger partial charge in [-0.05, 0) is 49.6 Å². The van der Waals surface area contributed by atoms with Gasteiger partial charge in [-0.1, -0.05) is 48.0 Å². The maximum Gasteiger partial charge on any atom is 0.243 e. The number of benzene rings is 2. The number of hydrogen-bond donors (Lipinski definition) is 0. The topological polar surface area (TPSA) is 40.6 Å². The molecule has 2 heterocycles. The number of rotatable bonds is 4. The Morgan fingerprint density at radius 3 is 2.46 bits per heavy atom. The predicted octanol–water partition coefficient (Wildman–Crippen LogP) is 3.77. The molecule has 1 spiro atoms. The second kappa shape index (κ2) is 6.97. The van der Waals surface area contributed by atoms with Gasteiger partial charge in [0.2, 0.25) is 10.0 Å². The molecule has 2 aromatic carbocycles. The Bertz CT molecular complexity index is 888. The lowest BCUT2D eigenvalue weighted by Gasteiger charge is -2.35. The van der Waals surface area contributed by atoms with Crippen LogP contribution in [0.2, 0.25) is 5.02 Å². The van der Waals surface area contributed by atoms with Crippen LogP contribution < -0.4 is 0 Å². The average Bonchev–Trinajstić information content (AvgIpc) is 3.26. The molecule has 4 nitrogen and oxygen atoms in total. The second-order valence-corrected chi connectivity index (χ2v) is 9.59. The van der Waals surface area contributed by atoms with Gasteiger partial charge in [-0.3, -0.25) is 4.90 Å². The van der Waals surface area contributed by atoms with E-state index < -0.39 is 10.0 Å². The molecule has 0 amide bonds. The molecule has 26 heavy (non-hydrogen) atoms. The highest BCUT2D eigenvalue weighted by Crippen LogP contribution is 2.40. The zero-order valence-electron chi connectivity index (χ0n) is 14.6. The maximum absolute atomic E-state index is 13.0. The predicted molar refractivity (Wildman–Crippen MR) is 104 cm³/mol. The first-order chi connectivity index (χ1) is 12.5. The van der Waals surface area contributed by atoms with Crippen molar-refractivity contribution in [1.82, 2.24) is 9.21 Å². The third kappa shape index (κ3) is 3.18. The van der Waals surface area contributed by atoms with Crippen LogP contribution in [0.25, 0.3) is 0 Å². The van der Waals surface area contributed by atoms with Gasteiger partial charge in [-0.25, -0.2) is 8.42 Å². The van der Waals surface area contributed by atoms with Gasteiger partial charge >= 0.3 is 0 Å². The Kier molecular flexibility index (Phi) is 4.82. The largest absolute Gasteiger partial charge is 0.292 e. The van der Waals surface area contributed by atoms with E-state index in [9.17, 15) is 8.42 Å². The number of sulfonamides is 1. The maximum atomic E-state index is 13.0. The van der Waals surface area contributed by atoms with Crippen LogP contribution in [0.4, 0.5) is 0 Å². The first kappa shape index (κ1) is 18.0. The van der Waals surface area contributed by atoms with E-state index in [1.165, 1.54) is 0 Å². The van der Waals surface area contributed by atoms with Crippen molar-refractivity contribution in [3.05, 3.63) is 65.2 Å². The monoisotopic (exact) mass is 390 g/mol. The molecule has 138 valence electrons. The van der Waals surface area contributed by atoms with Crippen LogP contribution in [-0.4, -0.2) is 42.8 Å². The molecule has 0 saturated carbocycles. The standard InChI is InChI=1S/C20H23ClN2O2S/c21-19-10-5-4-7-17(19)15-22-13-6-11-20(22)12-14-23(16-20)26(24,25)18-8-2-1-3-9-18/h1-5,7-10H,6,11-16H2/t20-/m1/s1. The molecule has 4 rings (SSSR count). The molecule has 0 N–H and O–H groups in total. The molecule has 0 aliphatic carbocycles. The molecule has 2 aliphatic heterocycles. The lowest BCUT2D eigenvalue weighted by Crippen LogP contribution is -2.46. The zero-order chi connectivity index (χ0) is 18.2. The summed E-state index contributed by atoms with van der Waals surface area (Å²) < 4.78 is 27.6. The Balaban J connectivity index is 1.55. The molecular formula is C20H23ClN2O2S. The van der Waals surface area contributed by atoms with Crippen LogP contribution in [0.1, 0.15) is 24.8 Å². The summed E-state index contributed by atoms with van der Waals surface area (Å²) in [4.78, 5) is 2.82. The molecule has 6 heteroatoms. The highest BCUT2D eigenvalue weighted by molar-refractivity contribution is 7.89. The van der Waals surface area contributed by atoms with Crippen molar-refractivity contribution in [1.29, 1.82) is 0 Å². The Hall–Kier alpha value is -1.40. The smallest absolute Gasteiger partial charge is 0.243 e. The summed E-state index contributed by atoms with van der Waals surface area (Å²) in [6.07, 6.45) is 3.02. The number of nitrogens with zero attached hydrogens (tertiary/aromatic N) is 2. The number of halogens is 1. The fourth-order valence-electron chi connectivity index (χ4n) is 4.30. The highest BCUT2D eigenvalue weighted by atomic mass is 35.5. The Labute approximate surface area is 160 Å². The summed E-state index contributed by atoms with van der Waals surface area (Å²) in [5, 5.41) is 0.779. The van der Waals surface area contributed by atoms with Gasteiger partial charge in [0, 0.05) is 30.2 Å². The van der Waals surface area contributed by atoms with E-state index >= 15 is 0 Å². The molecular weight excluding hydrogens is 368 g/mol. The number of likely N-dealkylation sites (tertiary alicyclic amines) is 1. The normalized spacial score (nSPS) is 24.5. The fourth-order valence-corrected chi connectivity index (χ4v) is 6.04. The van der Waals surface area contributed by atoms with E-state index in [1.807, 2.05) is 24.3 Å². The van der Waals surface area contributed by atoms with Gasteiger partial charge in [-0.2, -0.15) is 4.31 Å². The fraction of sp³-hybridized carbons (Fsp3) is 0.400. The van der Waals surface area contributed by atoms with Crippen LogP contribution in [0, 0.1) is 0 Å². The van der Waals surface area contributed by atoms with Crippen LogP contribution >= 0.6 is 11.6 Å². The Morgan fingerprint density at radius 1 is 0.962 bits per heavy atom. The van der Waals surface area contributed by atoms with E-state index in [4.69, 9.17) is 11.6 Å². The molecule has 0 aromatic heterocycles. The van der Waals surface area contributed by atoms with Crippen molar-refractivity contribution in [2.45, 2.75) is 36.2 Å². The van der Waals surface area contributed by atoms with E-state index in [1.54, 1.807) is 28.6 Å². The third-order valence-corrected chi connectivity index (χ3v) is 7.97. The van der Waals surface area contributed by atoms with Crippen molar-refractivity contribution in [2.75, 3.05) is 19.6 Å². The molecule has 0 unspecified atom stereocenters. The van der Waals surface area contributed by atoms with E-state index in [0.717, 1.165) is 42.9 Å². The minimum atomic E-state index is -3.43. The zero-order valence-corrected chi connectivity index (χ0v) is 16.2. The third-order valence-electron chi connectivity index (χ3n) is 5.74. The first-order valence-electron chi connectivity index (χ1n) is 9.05. The average molecular weight is 391 g/mol. The minimum absolute atomic E-state index is 0.0684. The lowest BCUT2D eigenvalue weighted by atomic mass is 9.95. The number of hydrogen-bond acceptors (Lipinski definition) is 3. The van der Waals surface area contributed by atoms with Crippen molar-refractivity contribution < 1.29 is 8.42 Å². The van der Waals surface area contributed by atoms with Gasteiger partial charge in [0.1, 0.15) is 0 Å². The highest BCUT2D eigenvalue weighted by Gasteiger charge is 2.48. The molecule has 0 bridgehead atoms. The molecule has 2 fully saturated rings.